The van der Waals surface area contributed by atoms with Crippen molar-refractivity contribution in [1.29, 1.82) is 0 Å². The van der Waals surface area contributed by atoms with Crippen LogP contribution in [0.4, 0.5) is 0 Å². The van der Waals surface area contributed by atoms with E-state index in [0.29, 0.717) is 5.69 Å². The number of nitrogens with one attached hydrogen (secondary N) is 1. The molecule has 78 valence electrons. The lowest BCUT2D eigenvalue weighted by atomic mass is 10.00. The summed E-state index contributed by atoms with van der Waals surface area (Å²) in [4.78, 5) is 11.2. The van der Waals surface area contributed by atoms with Gasteiger partial charge in [-0.2, -0.15) is 5.10 Å². The Morgan fingerprint density at radius 1 is 1.53 bits per heavy atom. The fraction of sp³-hybridized carbons (Fsp3) is 0.273. The van der Waals surface area contributed by atoms with E-state index >= 15 is 0 Å². The molecule has 0 aliphatic heterocycles. The van der Waals surface area contributed by atoms with Crippen molar-refractivity contribution in [3.8, 4) is 0 Å². The van der Waals surface area contributed by atoms with Crippen LogP contribution in [0.25, 0.3) is 10.9 Å². The summed E-state index contributed by atoms with van der Waals surface area (Å²) in [5, 5.41) is 7.63. The number of carbonyl (C=O) groups is 1. The molecule has 0 saturated heterocycles. The summed E-state index contributed by atoms with van der Waals surface area (Å²) in [6.07, 6.45) is 0.864. The van der Waals surface area contributed by atoms with Gasteiger partial charge < -0.3 is 5.73 Å². The summed E-state index contributed by atoms with van der Waals surface area (Å²) >= 11 is 0. The number of carbonyl (C=O) groups excluding carboxylic acids is 1. The van der Waals surface area contributed by atoms with Crippen LogP contribution >= 0.6 is 0 Å². The second-order valence-corrected chi connectivity index (χ2v) is 3.57. The molecular formula is C11H13N3O. The lowest BCUT2D eigenvalue weighted by Gasteiger charge is -2.04. The number of aromatic amines is 1. The summed E-state index contributed by atoms with van der Waals surface area (Å²) in [6, 6.07) is 3.94. The molecule has 1 aromatic heterocycles. The Hall–Kier alpha value is -1.84. The van der Waals surface area contributed by atoms with E-state index in [9.17, 15) is 4.79 Å². The third kappa shape index (κ3) is 1.38. The van der Waals surface area contributed by atoms with E-state index in [1.54, 1.807) is 0 Å². The first-order chi connectivity index (χ1) is 7.15. The number of rotatable bonds is 2. The molecule has 0 atom stereocenters. The van der Waals surface area contributed by atoms with Gasteiger partial charge in [0.15, 0.2) is 5.69 Å². The highest BCUT2D eigenvalue weighted by molar-refractivity contribution is 6.05. The Morgan fingerprint density at radius 3 is 2.87 bits per heavy atom. The summed E-state index contributed by atoms with van der Waals surface area (Å²) in [5.41, 5.74) is 8.78. The molecule has 1 aromatic carbocycles. The SMILES string of the molecule is CCc1c(C)ccc2[nH]nc(C(N)=O)c12. The number of nitrogens with zero attached hydrogens (tertiary/aromatic N) is 1. The number of aromatic nitrogens is 2. The molecule has 2 rings (SSSR count). The number of nitrogens with two attached hydrogens (primary N) is 1. The highest BCUT2D eigenvalue weighted by Gasteiger charge is 2.14. The van der Waals surface area contributed by atoms with E-state index in [4.69, 9.17) is 5.73 Å². The van der Waals surface area contributed by atoms with Crippen LogP contribution in [-0.4, -0.2) is 16.1 Å². The predicted molar refractivity (Wildman–Crippen MR) is 58.7 cm³/mol. The van der Waals surface area contributed by atoms with Crippen molar-refractivity contribution in [2.24, 2.45) is 5.73 Å². The average molecular weight is 203 g/mol. The molecule has 4 nitrogen and oxygen atoms in total. The van der Waals surface area contributed by atoms with Gasteiger partial charge in [0.1, 0.15) is 0 Å². The maximum absolute atomic E-state index is 11.2. The zero-order valence-electron chi connectivity index (χ0n) is 8.79. The fourth-order valence-electron chi connectivity index (χ4n) is 1.92. The van der Waals surface area contributed by atoms with E-state index in [-0.39, 0.29) is 0 Å². The average Bonchev–Trinajstić information content (AvgIpc) is 2.61. The Labute approximate surface area is 87.5 Å². The predicted octanol–water partition coefficient (Wildman–Crippen LogP) is 1.53. The van der Waals surface area contributed by atoms with Crippen LogP contribution in [0.5, 0.6) is 0 Å². The van der Waals surface area contributed by atoms with Crippen molar-refractivity contribution < 1.29 is 4.79 Å². The monoisotopic (exact) mass is 203 g/mol. The molecule has 0 bridgehead atoms. The highest BCUT2D eigenvalue weighted by atomic mass is 16.1. The molecule has 3 N–H and O–H groups in total. The normalized spacial score (nSPS) is 10.8. The summed E-state index contributed by atoms with van der Waals surface area (Å²) in [6.45, 7) is 4.08. The highest BCUT2D eigenvalue weighted by Crippen LogP contribution is 2.24. The van der Waals surface area contributed by atoms with Crippen LogP contribution < -0.4 is 5.73 Å². The molecule has 1 heterocycles. The van der Waals surface area contributed by atoms with Crippen LogP contribution in [0, 0.1) is 6.92 Å². The number of aryl methyl sites for hydroxylation is 2. The van der Waals surface area contributed by atoms with E-state index in [0.717, 1.165) is 28.5 Å². The van der Waals surface area contributed by atoms with Crippen molar-refractivity contribution in [3.63, 3.8) is 0 Å². The van der Waals surface area contributed by atoms with Crippen LogP contribution in [0.2, 0.25) is 0 Å². The number of H-pyrrole nitrogens is 1. The van der Waals surface area contributed by atoms with Gasteiger partial charge in [-0.1, -0.05) is 13.0 Å². The number of hydrogen-bond donors (Lipinski definition) is 2. The van der Waals surface area contributed by atoms with Gasteiger partial charge in [-0.05, 0) is 30.5 Å². The minimum Gasteiger partial charge on any atom is -0.364 e. The second kappa shape index (κ2) is 3.38. The Kier molecular flexibility index (Phi) is 2.19. The van der Waals surface area contributed by atoms with Crippen molar-refractivity contribution in [2.75, 3.05) is 0 Å². The quantitative estimate of drug-likeness (QED) is 0.777. The maximum atomic E-state index is 11.2. The summed E-state index contributed by atoms with van der Waals surface area (Å²) in [5.74, 6) is -0.485. The summed E-state index contributed by atoms with van der Waals surface area (Å²) in [7, 11) is 0. The lowest BCUT2D eigenvalue weighted by Crippen LogP contribution is -2.12. The Bertz CT molecular complexity index is 528. The van der Waals surface area contributed by atoms with Crippen molar-refractivity contribution in [2.45, 2.75) is 20.3 Å². The molecule has 15 heavy (non-hydrogen) atoms. The van der Waals surface area contributed by atoms with Crippen LogP contribution in [-0.2, 0) is 6.42 Å². The van der Waals surface area contributed by atoms with Gasteiger partial charge in [-0.3, -0.25) is 9.89 Å². The molecule has 0 aliphatic rings. The lowest BCUT2D eigenvalue weighted by molar-refractivity contribution is 0.0997. The standard InChI is InChI=1S/C11H13N3O/c1-3-7-6(2)4-5-8-9(7)10(11(12)15)14-13-8/h4-5H,3H2,1-2H3,(H2,12,15)(H,13,14). The molecule has 2 aromatic rings. The third-order valence-electron chi connectivity index (χ3n) is 2.66. The number of benzene rings is 1. The molecule has 1 amide bonds. The van der Waals surface area contributed by atoms with Gasteiger partial charge in [0.25, 0.3) is 5.91 Å². The van der Waals surface area contributed by atoms with Gasteiger partial charge in [-0.25, -0.2) is 0 Å². The molecule has 4 heteroatoms. The molecule has 0 aliphatic carbocycles. The second-order valence-electron chi connectivity index (χ2n) is 3.57. The molecule has 0 saturated carbocycles. The minimum atomic E-state index is -0.485. The topological polar surface area (TPSA) is 71.8 Å². The zero-order valence-corrected chi connectivity index (χ0v) is 8.79. The third-order valence-corrected chi connectivity index (χ3v) is 2.66. The van der Waals surface area contributed by atoms with Crippen LogP contribution in [0.1, 0.15) is 28.5 Å². The van der Waals surface area contributed by atoms with Crippen LogP contribution in [0.3, 0.4) is 0 Å². The van der Waals surface area contributed by atoms with Gasteiger partial charge in [-0.15, -0.1) is 0 Å². The van der Waals surface area contributed by atoms with Crippen molar-refractivity contribution in [1.82, 2.24) is 10.2 Å². The first-order valence-corrected chi connectivity index (χ1v) is 4.91. The maximum Gasteiger partial charge on any atom is 0.269 e. The van der Waals surface area contributed by atoms with E-state index in [1.807, 2.05) is 19.1 Å². The smallest absolute Gasteiger partial charge is 0.269 e. The number of fused-ring (bicyclic) bond motifs is 1. The van der Waals surface area contributed by atoms with Gasteiger partial charge >= 0.3 is 0 Å². The molecular weight excluding hydrogens is 190 g/mol. The van der Waals surface area contributed by atoms with Crippen LogP contribution in [0.15, 0.2) is 12.1 Å². The van der Waals surface area contributed by atoms with Gasteiger partial charge in [0, 0.05) is 5.39 Å². The molecule has 0 unspecified atom stereocenters. The van der Waals surface area contributed by atoms with Crippen molar-refractivity contribution in [3.05, 3.63) is 29.0 Å². The van der Waals surface area contributed by atoms with Crippen molar-refractivity contribution >= 4 is 16.8 Å². The fourth-order valence-corrected chi connectivity index (χ4v) is 1.92. The summed E-state index contributed by atoms with van der Waals surface area (Å²) < 4.78 is 0. The Balaban J connectivity index is 2.86. The first kappa shape index (κ1) is 9.71. The molecule has 0 fully saturated rings. The number of primary amides is 1. The van der Waals surface area contributed by atoms with E-state index < -0.39 is 5.91 Å². The largest absolute Gasteiger partial charge is 0.364 e. The van der Waals surface area contributed by atoms with Gasteiger partial charge in [0.2, 0.25) is 0 Å². The first-order valence-electron chi connectivity index (χ1n) is 4.91. The minimum absolute atomic E-state index is 0.338. The molecule has 0 radical (unpaired) electrons. The number of hydrogen-bond acceptors (Lipinski definition) is 2. The van der Waals surface area contributed by atoms with E-state index in [2.05, 4.69) is 17.1 Å². The molecule has 0 spiro atoms. The number of amides is 1. The van der Waals surface area contributed by atoms with E-state index in [1.165, 1.54) is 0 Å². The zero-order chi connectivity index (χ0) is 11.0. The Morgan fingerprint density at radius 2 is 2.27 bits per heavy atom. The van der Waals surface area contributed by atoms with Gasteiger partial charge in [0.05, 0.1) is 5.52 Å².